The van der Waals surface area contributed by atoms with Crippen molar-refractivity contribution in [2.24, 2.45) is 16.8 Å². The van der Waals surface area contributed by atoms with E-state index in [4.69, 9.17) is 0 Å². The highest BCUT2D eigenvalue weighted by molar-refractivity contribution is 6.01. The van der Waals surface area contributed by atoms with Gasteiger partial charge in [-0.15, -0.1) is 0 Å². The summed E-state index contributed by atoms with van der Waals surface area (Å²) in [6, 6.07) is -0.314. The van der Waals surface area contributed by atoms with Crippen LogP contribution in [0, 0.1) is 11.8 Å². The van der Waals surface area contributed by atoms with Crippen molar-refractivity contribution in [2.45, 2.75) is 39.0 Å². The summed E-state index contributed by atoms with van der Waals surface area (Å²) in [7, 11) is 1.73. The molecule has 7 heteroatoms. The van der Waals surface area contributed by atoms with Gasteiger partial charge in [-0.25, -0.2) is 4.79 Å². The maximum atomic E-state index is 11.5. The first-order valence-electron chi connectivity index (χ1n) is 8.63. The van der Waals surface area contributed by atoms with Gasteiger partial charge in [0.1, 0.15) is 0 Å². The minimum Gasteiger partial charge on any atom is -0.356 e. The zero-order valence-corrected chi connectivity index (χ0v) is 14.2. The lowest BCUT2D eigenvalue weighted by Gasteiger charge is -2.26. The number of hydrogen-bond acceptors (Lipinski definition) is 3. The maximum absolute atomic E-state index is 11.5. The first-order valence-corrected chi connectivity index (χ1v) is 8.63. The molecular formula is C16H29N5O2. The van der Waals surface area contributed by atoms with E-state index in [0.29, 0.717) is 13.1 Å². The summed E-state index contributed by atoms with van der Waals surface area (Å²) in [6.07, 6.45) is 6.56. The van der Waals surface area contributed by atoms with Gasteiger partial charge in [0.15, 0.2) is 5.96 Å². The first-order chi connectivity index (χ1) is 11.1. The number of aliphatic imine (C=N–C) groups is 1. The molecule has 3 N–H and O–H groups in total. The van der Waals surface area contributed by atoms with Crippen LogP contribution in [-0.4, -0.2) is 56.0 Å². The fourth-order valence-corrected chi connectivity index (χ4v) is 3.40. The van der Waals surface area contributed by atoms with Gasteiger partial charge in [0.2, 0.25) is 5.91 Å². The Bertz CT molecular complexity index is 436. The molecule has 1 saturated carbocycles. The minimum absolute atomic E-state index is 0.103. The van der Waals surface area contributed by atoms with Gasteiger partial charge in [-0.2, -0.15) is 0 Å². The SMILES string of the molecule is CN=C(NCCC1CCCC(C)C1)NCCN1C(=O)CNC1=O. The lowest BCUT2D eigenvalue weighted by Crippen LogP contribution is -2.43. The van der Waals surface area contributed by atoms with E-state index in [0.717, 1.165) is 30.8 Å². The van der Waals surface area contributed by atoms with Gasteiger partial charge in [0.25, 0.3) is 0 Å². The molecule has 1 heterocycles. The van der Waals surface area contributed by atoms with Crippen LogP contribution in [0.2, 0.25) is 0 Å². The summed E-state index contributed by atoms with van der Waals surface area (Å²) in [5.41, 5.74) is 0. The van der Waals surface area contributed by atoms with Crippen molar-refractivity contribution < 1.29 is 9.59 Å². The number of nitrogens with zero attached hydrogens (tertiary/aromatic N) is 2. The van der Waals surface area contributed by atoms with Crippen molar-refractivity contribution in [1.29, 1.82) is 0 Å². The molecule has 2 unspecified atom stereocenters. The fraction of sp³-hybridized carbons (Fsp3) is 0.812. The normalized spacial score (nSPS) is 25.5. The van der Waals surface area contributed by atoms with Crippen molar-refractivity contribution in [1.82, 2.24) is 20.9 Å². The monoisotopic (exact) mass is 323 g/mol. The van der Waals surface area contributed by atoms with Gasteiger partial charge < -0.3 is 16.0 Å². The summed E-state index contributed by atoms with van der Waals surface area (Å²) in [5.74, 6) is 2.22. The number of urea groups is 1. The van der Waals surface area contributed by atoms with Crippen molar-refractivity contribution in [3.8, 4) is 0 Å². The van der Waals surface area contributed by atoms with Crippen molar-refractivity contribution in [3.05, 3.63) is 0 Å². The van der Waals surface area contributed by atoms with Crippen LogP contribution in [0.15, 0.2) is 4.99 Å². The third-order valence-electron chi connectivity index (χ3n) is 4.68. The highest BCUT2D eigenvalue weighted by Crippen LogP contribution is 2.30. The molecule has 1 aliphatic carbocycles. The van der Waals surface area contributed by atoms with E-state index >= 15 is 0 Å². The summed E-state index contributed by atoms with van der Waals surface area (Å²) in [6.45, 7) is 4.20. The summed E-state index contributed by atoms with van der Waals surface area (Å²) < 4.78 is 0. The number of guanidine groups is 1. The van der Waals surface area contributed by atoms with Crippen LogP contribution in [0.1, 0.15) is 39.0 Å². The number of nitrogens with one attached hydrogen (secondary N) is 3. The molecule has 1 aliphatic heterocycles. The van der Waals surface area contributed by atoms with Crippen LogP contribution < -0.4 is 16.0 Å². The molecule has 0 spiro atoms. The fourth-order valence-electron chi connectivity index (χ4n) is 3.40. The second-order valence-electron chi connectivity index (χ2n) is 6.56. The Morgan fingerprint density at radius 3 is 2.74 bits per heavy atom. The molecule has 0 aromatic heterocycles. The standard InChI is InChI=1S/C16H29N5O2/c1-12-4-3-5-13(10-12)6-7-18-15(17-2)19-8-9-21-14(22)11-20-16(21)23/h12-13H,3-11H2,1-2H3,(H,20,23)(H2,17,18,19). The summed E-state index contributed by atoms with van der Waals surface area (Å²) >= 11 is 0. The van der Waals surface area contributed by atoms with Crippen LogP contribution in [0.3, 0.4) is 0 Å². The van der Waals surface area contributed by atoms with Crippen LogP contribution in [0.25, 0.3) is 0 Å². The van der Waals surface area contributed by atoms with Gasteiger partial charge in [-0.05, 0) is 24.7 Å². The largest absolute Gasteiger partial charge is 0.356 e. The topological polar surface area (TPSA) is 85.8 Å². The number of carbonyl (C=O) groups excluding carboxylic acids is 2. The molecule has 23 heavy (non-hydrogen) atoms. The van der Waals surface area contributed by atoms with Crippen LogP contribution in [0.5, 0.6) is 0 Å². The third-order valence-corrected chi connectivity index (χ3v) is 4.68. The predicted molar refractivity (Wildman–Crippen MR) is 90.2 cm³/mol. The molecule has 0 aromatic rings. The first kappa shape index (κ1) is 17.6. The summed E-state index contributed by atoms with van der Waals surface area (Å²) in [4.78, 5) is 28.3. The second-order valence-corrected chi connectivity index (χ2v) is 6.56. The number of carbonyl (C=O) groups is 2. The van der Waals surface area contributed by atoms with Gasteiger partial charge in [-0.1, -0.05) is 26.2 Å². The maximum Gasteiger partial charge on any atom is 0.324 e. The molecule has 2 atom stereocenters. The van der Waals surface area contributed by atoms with E-state index < -0.39 is 0 Å². The molecule has 7 nitrogen and oxygen atoms in total. The minimum atomic E-state index is -0.314. The second kappa shape index (κ2) is 8.74. The smallest absolute Gasteiger partial charge is 0.324 e. The Kier molecular flexibility index (Phi) is 6.67. The zero-order valence-electron chi connectivity index (χ0n) is 14.2. The van der Waals surface area contributed by atoms with Crippen LogP contribution >= 0.6 is 0 Å². The van der Waals surface area contributed by atoms with E-state index in [-0.39, 0.29) is 18.5 Å². The highest BCUT2D eigenvalue weighted by atomic mass is 16.2. The van der Waals surface area contributed by atoms with E-state index in [1.165, 1.54) is 30.6 Å². The van der Waals surface area contributed by atoms with E-state index in [9.17, 15) is 9.59 Å². The van der Waals surface area contributed by atoms with Gasteiger partial charge in [-0.3, -0.25) is 14.7 Å². The van der Waals surface area contributed by atoms with Crippen LogP contribution in [0.4, 0.5) is 4.79 Å². The van der Waals surface area contributed by atoms with Crippen molar-refractivity contribution in [3.63, 3.8) is 0 Å². The number of imide groups is 1. The van der Waals surface area contributed by atoms with Crippen molar-refractivity contribution in [2.75, 3.05) is 33.2 Å². The number of rotatable bonds is 6. The predicted octanol–water partition coefficient (Wildman–Crippen LogP) is 0.920. The average molecular weight is 323 g/mol. The Balaban J connectivity index is 1.61. The molecule has 130 valence electrons. The average Bonchev–Trinajstić information content (AvgIpc) is 2.85. The van der Waals surface area contributed by atoms with Gasteiger partial charge in [0, 0.05) is 26.7 Å². The van der Waals surface area contributed by atoms with E-state index in [1.807, 2.05) is 0 Å². The molecule has 3 amide bonds. The highest BCUT2D eigenvalue weighted by Gasteiger charge is 2.27. The number of hydrogen-bond donors (Lipinski definition) is 3. The van der Waals surface area contributed by atoms with E-state index in [1.54, 1.807) is 7.05 Å². The molecule has 2 fully saturated rings. The zero-order chi connectivity index (χ0) is 16.7. The molecule has 0 aromatic carbocycles. The van der Waals surface area contributed by atoms with Gasteiger partial charge in [0.05, 0.1) is 6.54 Å². The molecular weight excluding hydrogens is 294 g/mol. The lowest BCUT2D eigenvalue weighted by atomic mass is 9.81. The Morgan fingerprint density at radius 1 is 1.30 bits per heavy atom. The molecule has 2 rings (SSSR count). The van der Waals surface area contributed by atoms with E-state index in [2.05, 4.69) is 27.9 Å². The molecule has 1 saturated heterocycles. The molecule has 2 aliphatic rings. The Hall–Kier alpha value is -1.79. The Morgan fingerprint density at radius 2 is 2.09 bits per heavy atom. The summed E-state index contributed by atoms with van der Waals surface area (Å²) in [5, 5.41) is 8.97. The van der Waals surface area contributed by atoms with Crippen LogP contribution in [-0.2, 0) is 4.79 Å². The molecule has 0 radical (unpaired) electrons. The van der Waals surface area contributed by atoms with Gasteiger partial charge >= 0.3 is 6.03 Å². The lowest BCUT2D eigenvalue weighted by molar-refractivity contribution is -0.124. The van der Waals surface area contributed by atoms with Crippen molar-refractivity contribution >= 4 is 17.9 Å². The third kappa shape index (κ3) is 5.41. The quantitative estimate of drug-likeness (QED) is 0.385. The Labute approximate surface area is 138 Å². The molecule has 0 bridgehead atoms. The number of amides is 3.